The molecule has 0 amide bonds. The largest absolute Gasteiger partial charge is 0.478 e. The molecular weight excluding hydrogens is 294 g/mol. The van der Waals surface area contributed by atoms with Crippen molar-refractivity contribution >= 4 is 23.1 Å². The van der Waals surface area contributed by atoms with Gasteiger partial charge in [0.2, 0.25) is 5.78 Å². The van der Waals surface area contributed by atoms with Gasteiger partial charge in [0, 0.05) is 11.6 Å². The number of nitro groups is 1. The van der Waals surface area contributed by atoms with Gasteiger partial charge in [-0.05, 0) is 30.7 Å². The highest BCUT2D eigenvalue weighted by molar-refractivity contribution is 6.34. The van der Waals surface area contributed by atoms with Crippen LogP contribution in [0.25, 0.3) is 0 Å². The van der Waals surface area contributed by atoms with Crippen molar-refractivity contribution in [3.8, 4) is 5.75 Å². The Bertz CT molecular complexity index is 700. The van der Waals surface area contributed by atoms with E-state index in [2.05, 4.69) is 0 Å². The molecule has 0 N–H and O–H groups in total. The van der Waals surface area contributed by atoms with Crippen LogP contribution >= 0.6 is 11.6 Å². The van der Waals surface area contributed by atoms with Crippen molar-refractivity contribution in [2.75, 3.05) is 6.61 Å². The fourth-order valence-electron chi connectivity index (χ4n) is 1.80. The molecule has 6 heteroatoms. The van der Waals surface area contributed by atoms with E-state index in [0.717, 1.165) is 5.56 Å². The predicted octanol–water partition coefficient (Wildman–Crippen LogP) is 3.82. The molecule has 5 nitrogen and oxygen atoms in total. The van der Waals surface area contributed by atoms with Crippen LogP contribution in [0.15, 0.2) is 42.5 Å². The number of nitrogens with zero attached hydrogens (tertiary/aromatic N) is 1. The first-order valence-corrected chi connectivity index (χ1v) is 6.52. The molecule has 21 heavy (non-hydrogen) atoms. The summed E-state index contributed by atoms with van der Waals surface area (Å²) in [6.45, 7) is 1.47. The third-order valence-electron chi connectivity index (χ3n) is 2.85. The van der Waals surface area contributed by atoms with Crippen molar-refractivity contribution in [2.45, 2.75) is 6.92 Å². The normalized spacial score (nSPS) is 10.2. The van der Waals surface area contributed by atoms with E-state index < -0.39 is 4.92 Å². The maximum atomic E-state index is 12.0. The van der Waals surface area contributed by atoms with Gasteiger partial charge < -0.3 is 4.74 Å². The molecule has 0 aliphatic carbocycles. The van der Waals surface area contributed by atoms with Crippen LogP contribution in [0.1, 0.15) is 15.9 Å². The molecule has 0 bridgehead atoms. The number of nitro benzene ring substituents is 1. The Balaban J connectivity index is 2.17. The van der Waals surface area contributed by atoms with Crippen LogP contribution in [-0.4, -0.2) is 17.3 Å². The summed E-state index contributed by atoms with van der Waals surface area (Å²) < 4.78 is 5.30. The Hall–Kier alpha value is -2.40. The van der Waals surface area contributed by atoms with Crippen molar-refractivity contribution in [3.63, 3.8) is 0 Å². The van der Waals surface area contributed by atoms with Gasteiger partial charge in [0.15, 0.2) is 12.4 Å². The minimum atomic E-state index is -0.547. The molecule has 2 aromatic rings. The molecule has 2 aromatic carbocycles. The highest BCUT2D eigenvalue weighted by Crippen LogP contribution is 2.28. The van der Waals surface area contributed by atoms with Gasteiger partial charge in [-0.3, -0.25) is 14.9 Å². The number of hydrogen-bond donors (Lipinski definition) is 0. The Kier molecular flexibility index (Phi) is 4.55. The second-order valence-corrected chi connectivity index (χ2v) is 4.83. The predicted molar refractivity (Wildman–Crippen MR) is 79.1 cm³/mol. The molecule has 0 atom stereocenters. The second-order valence-electron chi connectivity index (χ2n) is 4.42. The maximum Gasteiger partial charge on any atom is 0.310 e. The van der Waals surface area contributed by atoms with E-state index in [4.69, 9.17) is 16.3 Å². The fourth-order valence-corrected chi connectivity index (χ4v) is 2.04. The summed E-state index contributed by atoms with van der Waals surface area (Å²) in [6, 6.07) is 11.1. The number of hydrogen-bond acceptors (Lipinski definition) is 4. The first kappa shape index (κ1) is 15.0. The average molecular weight is 306 g/mol. The van der Waals surface area contributed by atoms with Crippen LogP contribution < -0.4 is 4.74 Å². The highest BCUT2D eigenvalue weighted by atomic mass is 35.5. The summed E-state index contributed by atoms with van der Waals surface area (Å²) in [6.07, 6.45) is 0. The molecule has 0 spiro atoms. The molecular formula is C15H12ClNO4. The topological polar surface area (TPSA) is 69.4 Å². The molecule has 0 radical (unpaired) electrons. The number of Topliss-reactive ketones (excluding diaryl/α,β-unsaturated/α-hetero) is 1. The molecule has 108 valence electrons. The number of carbonyl (C=O) groups is 1. The van der Waals surface area contributed by atoms with E-state index in [1.165, 1.54) is 12.1 Å². The lowest BCUT2D eigenvalue weighted by Crippen LogP contribution is -2.12. The molecule has 0 aliphatic heterocycles. The third-order valence-corrected chi connectivity index (χ3v) is 3.17. The van der Waals surface area contributed by atoms with Crippen LogP contribution in [0.3, 0.4) is 0 Å². The molecule has 0 saturated carbocycles. The molecule has 0 saturated heterocycles. The molecule has 0 unspecified atom stereocenters. The van der Waals surface area contributed by atoms with E-state index >= 15 is 0 Å². The lowest BCUT2D eigenvalue weighted by atomic mass is 10.1. The van der Waals surface area contributed by atoms with Crippen LogP contribution in [0.4, 0.5) is 5.69 Å². The van der Waals surface area contributed by atoms with Gasteiger partial charge in [-0.15, -0.1) is 0 Å². The summed E-state index contributed by atoms with van der Waals surface area (Å²) >= 11 is 5.92. The van der Waals surface area contributed by atoms with E-state index in [0.29, 0.717) is 10.6 Å². The zero-order chi connectivity index (χ0) is 15.4. The number of ketones is 1. The van der Waals surface area contributed by atoms with Gasteiger partial charge in [0.05, 0.1) is 9.95 Å². The highest BCUT2D eigenvalue weighted by Gasteiger charge is 2.17. The summed E-state index contributed by atoms with van der Waals surface area (Å²) in [5.41, 5.74) is 0.961. The Morgan fingerprint density at radius 3 is 2.67 bits per heavy atom. The smallest absolute Gasteiger partial charge is 0.310 e. The first-order chi connectivity index (χ1) is 9.99. The van der Waals surface area contributed by atoms with Gasteiger partial charge in [-0.25, -0.2) is 0 Å². The van der Waals surface area contributed by atoms with E-state index in [9.17, 15) is 14.9 Å². The minimum Gasteiger partial charge on any atom is -0.478 e. The molecule has 0 aromatic heterocycles. The second kappa shape index (κ2) is 6.37. The third kappa shape index (κ3) is 3.58. The monoisotopic (exact) mass is 305 g/mol. The van der Waals surface area contributed by atoms with Crippen molar-refractivity contribution in [3.05, 3.63) is 68.7 Å². The average Bonchev–Trinajstić information content (AvgIpc) is 2.45. The summed E-state index contributed by atoms with van der Waals surface area (Å²) in [4.78, 5) is 22.4. The maximum absolute atomic E-state index is 12.0. The van der Waals surface area contributed by atoms with E-state index in [1.807, 2.05) is 0 Å². The number of carbonyl (C=O) groups excluding carboxylic acids is 1. The number of rotatable bonds is 5. The molecule has 0 aliphatic rings. The Morgan fingerprint density at radius 2 is 2.00 bits per heavy atom. The minimum absolute atomic E-state index is 0.0698. The summed E-state index contributed by atoms with van der Waals surface area (Å²) in [5, 5.41) is 11.2. The lowest BCUT2D eigenvalue weighted by molar-refractivity contribution is -0.385. The Labute approximate surface area is 126 Å². The van der Waals surface area contributed by atoms with Crippen LogP contribution in [0.5, 0.6) is 5.75 Å². The van der Waals surface area contributed by atoms with Crippen LogP contribution in [0, 0.1) is 17.0 Å². The number of aryl methyl sites for hydroxylation is 1. The standard InChI is InChI=1S/C15H12ClNO4/c1-10-6-7-13(17(19)20)15(8-10)21-9-14(18)11-4-2-3-5-12(11)16/h2-8H,9H2,1H3. The first-order valence-electron chi connectivity index (χ1n) is 6.14. The molecule has 2 rings (SSSR count). The zero-order valence-corrected chi connectivity index (χ0v) is 12.0. The molecule has 0 fully saturated rings. The van der Waals surface area contributed by atoms with Crippen molar-refractivity contribution in [1.29, 1.82) is 0 Å². The van der Waals surface area contributed by atoms with Crippen molar-refractivity contribution in [1.82, 2.24) is 0 Å². The number of halogens is 1. The zero-order valence-electron chi connectivity index (χ0n) is 11.2. The Morgan fingerprint density at radius 1 is 1.29 bits per heavy atom. The van der Waals surface area contributed by atoms with E-state index in [1.54, 1.807) is 37.3 Å². The van der Waals surface area contributed by atoms with Crippen molar-refractivity contribution < 1.29 is 14.5 Å². The summed E-state index contributed by atoms with van der Waals surface area (Å²) in [5.74, 6) is -0.267. The summed E-state index contributed by atoms with van der Waals surface area (Å²) in [7, 11) is 0. The van der Waals surface area contributed by atoms with Gasteiger partial charge >= 0.3 is 5.69 Å². The van der Waals surface area contributed by atoms with Crippen molar-refractivity contribution in [2.24, 2.45) is 0 Å². The number of benzene rings is 2. The van der Waals surface area contributed by atoms with Crippen LogP contribution in [0.2, 0.25) is 5.02 Å². The van der Waals surface area contributed by atoms with E-state index in [-0.39, 0.29) is 23.8 Å². The van der Waals surface area contributed by atoms with Gasteiger partial charge in [-0.1, -0.05) is 29.8 Å². The van der Waals surface area contributed by atoms with Gasteiger partial charge in [0.25, 0.3) is 0 Å². The number of ether oxygens (including phenoxy) is 1. The SMILES string of the molecule is Cc1ccc([N+](=O)[O-])c(OCC(=O)c2ccccc2Cl)c1. The molecule has 0 heterocycles. The van der Waals surface area contributed by atoms with Crippen LogP contribution in [-0.2, 0) is 0 Å². The fraction of sp³-hybridized carbons (Fsp3) is 0.133. The van der Waals surface area contributed by atoms with Gasteiger partial charge in [-0.2, -0.15) is 0 Å². The van der Waals surface area contributed by atoms with Gasteiger partial charge in [0.1, 0.15) is 0 Å². The quantitative estimate of drug-likeness (QED) is 0.478. The lowest BCUT2D eigenvalue weighted by Gasteiger charge is -2.08.